The summed E-state index contributed by atoms with van der Waals surface area (Å²) in [4.78, 5) is 23.4. The van der Waals surface area contributed by atoms with Crippen LogP contribution in [0.1, 0.15) is 43.0 Å². The molecule has 0 unspecified atom stereocenters. The third-order valence-corrected chi connectivity index (χ3v) is 4.19. The quantitative estimate of drug-likeness (QED) is 0.891. The second kappa shape index (κ2) is 6.27. The molecule has 1 aliphatic rings. The number of carboxylic acid groups (broad SMARTS) is 1. The molecular formula is C15H18ClNO3. The smallest absolute Gasteiger partial charge is 0.339 e. The Morgan fingerprint density at radius 3 is 2.50 bits per heavy atom. The Bertz CT molecular complexity index is 522. The van der Waals surface area contributed by atoms with Crippen LogP contribution in [0.25, 0.3) is 0 Å². The fourth-order valence-electron chi connectivity index (χ4n) is 2.60. The minimum Gasteiger partial charge on any atom is -0.478 e. The first kappa shape index (κ1) is 14.9. The summed E-state index contributed by atoms with van der Waals surface area (Å²) in [7, 11) is 0. The number of rotatable bonds is 3. The van der Waals surface area contributed by atoms with E-state index in [0.717, 1.165) is 25.7 Å². The SMILES string of the molecule is CC1CCC(C(=O)Nc2cccc(Cl)c2C(=O)O)CC1. The molecular weight excluding hydrogens is 278 g/mol. The average Bonchev–Trinajstić information content (AvgIpc) is 2.39. The standard InChI is InChI=1S/C15H18ClNO3/c1-9-5-7-10(8-6-9)14(18)17-12-4-2-3-11(16)13(12)15(19)20/h2-4,9-10H,5-8H2,1H3,(H,17,18)(H,19,20). The van der Waals surface area contributed by atoms with E-state index in [1.165, 1.54) is 6.07 Å². The van der Waals surface area contributed by atoms with Gasteiger partial charge in [0.25, 0.3) is 0 Å². The third kappa shape index (κ3) is 3.31. The minimum absolute atomic E-state index is 0.0353. The maximum atomic E-state index is 12.2. The summed E-state index contributed by atoms with van der Waals surface area (Å²) in [6.07, 6.45) is 3.80. The van der Waals surface area contributed by atoms with Gasteiger partial charge in [0.05, 0.1) is 10.7 Å². The molecule has 2 rings (SSSR count). The fraction of sp³-hybridized carbons (Fsp3) is 0.467. The number of halogens is 1. The molecule has 1 aromatic carbocycles. The van der Waals surface area contributed by atoms with Crippen molar-refractivity contribution in [1.29, 1.82) is 0 Å². The van der Waals surface area contributed by atoms with Crippen LogP contribution in [-0.4, -0.2) is 17.0 Å². The molecule has 0 saturated heterocycles. The lowest BCUT2D eigenvalue weighted by Gasteiger charge is -2.25. The van der Waals surface area contributed by atoms with Crippen molar-refractivity contribution in [3.8, 4) is 0 Å². The maximum Gasteiger partial charge on any atom is 0.339 e. The number of hydrogen-bond acceptors (Lipinski definition) is 2. The van der Waals surface area contributed by atoms with Gasteiger partial charge in [0, 0.05) is 5.92 Å². The number of carbonyl (C=O) groups is 2. The minimum atomic E-state index is -1.14. The van der Waals surface area contributed by atoms with Crippen molar-refractivity contribution in [3.63, 3.8) is 0 Å². The molecule has 0 aromatic heterocycles. The van der Waals surface area contributed by atoms with Crippen LogP contribution in [-0.2, 0) is 4.79 Å². The van der Waals surface area contributed by atoms with E-state index >= 15 is 0 Å². The molecule has 0 heterocycles. The number of nitrogens with one attached hydrogen (secondary N) is 1. The van der Waals surface area contributed by atoms with Crippen molar-refractivity contribution in [2.45, 2.75) is 32.6 Å². The normalized spacial score (nSPS) is 22.3. The predicted octanol–water partition coefficient (Wildman–Crippen LogP) is 3.80. The Labute approximate surface area is 123 Å². The number of carbonyl (C=O) groups excluding carboxylic acids is 1. The second-order valence-electron chi connectivity index (χ2n) is 5.41. The lowest BCUT2D eigenvalue weighted by atomic mass is 9.82. The maximum absolute atomic E-state index is 12.2. The Balaban J connectivity index is 2.12. The summed E-state index contributed by atoms with van der Waals surface area (Å²) >= 11 is 5.88. The van der Waals surface area contributed by atoms with E-state index in [1.54, 1.807) is 12.1 Å². The number of aromatic carboxylic acids is 1. The number of anilines is 1. The molecule has 1 saturated carbocycles. The topological polar surface area (TPSA) is 66.4 Å². The number of benzene rings is 1. The summed E-state index contributed by atoms with van der Waals surface area (Å²) in [5.41, 5.74) is 0.223. The van der Waals surface area contributed by atoms with Crippen LogP contribution in [0.5, 0.6) is 0 Å². The van der Waals surface area contributed by atoms with Gasteiger partial charge in [-0.15, -0.1) is 0 Å². The van der Waals surface area contributed by atoms with Gasteiger partial charge in [-0.05, 0) is 43.7 Å². The van der Waals surface area contributed by atoms with Crippen molar-refractivity contribution in [1.82, 2.24) is 0 Å². The van der Waals surface area contributed by atoms with Crippen LogP contribution in [0.3, 0.4) is 0 Å². The number of amides is 1. The van der Waals surface area contributed by atoms with Gasteiger partial charge < -0.3 is 10.4 Å². The highest BCUT2D eigenvalue weighted by Crippen LogP contribution is 2.30. The Morgan fingerprint density at radius 1 is 1.25 bits per heavy atom. The van der Waals surface area contributed by atoms with Crippen LogP contribution in [0.4, 0.5) is 5.69 Å². The summed E-state index contributed by atoms with van der Waals surface area (Å²) in [6, 6.07) is 4.70. The third-order valence-electron chi connectivity index (χ3n) is 3.87. The van der Waals surface area contributed by atoms with Crippen LogP contribution in [0.15, 0.2) is 18.2 Å². The van der Waals surface area contributed by atoms with E-state index < -0.39 is 5.97 Å². The summed E-state index contributed by atoms with van der Waals surface area (Å²) in [5.74, 6) is -0.614. The van der Waals surface area contributed by atoms with Gasteiger partial charge in [-0.3, -0.25) is 4.79 Å². The van der Waals surface area contributed by atoms with Crippen molar-refractivity contribution < 1.29 is 14.7 Å². The highest BCUT2D eigenvalue weighted by molar-refractivity contribution is 6.34. The largest absolute Gasteiger partial charge is 0.478 e. The highest BCUT2D eigenvalue weighted by atomic mass is 35.5. The van der Waals surface area contributed by atoms with E-state index in [-0.39, 0.29) is 28.1 Å². The summed E-state index contributed by atoms with van der Waals surface area (Å²) < 4.78 is 0. The average molecular weight is 296 g/mol. The molecule has 1 aromatic rings. The molecule has 0 bridgehead atoms. The van der Waals surface area contributed by atoms with Gasteiger partial charge in [0.1, 0.15) is 5.56 Å². The molecule has 1 fully saturated rings. The Kier molecular flexibility index (Phi) is 4.65. The predicted molar refractivity (Wildman–Crippen MR) is 78.2 cm³/mol. The van der Waals surface area contributed by atoms with Crippen molar-refractivity contribution in [2.24, 2.45) is 11.8 Å². The van der Waals surface area contributed by atoms with Crippen molar-refractivity contribution in [2.75, 3.05) is 5.32 Å². The van der Waals surface area contributed by atoms with Gasteiger partial charge in [-0.2, -0.15) is 0 Å². The summed E-state index contributed by atoms with van der Waals surface area (Å²) in [5, 5.41) is 12.0. The zero-order valence-corrected chi connectivity index (χ0v) is 12.1. The molecule has 0 spiro atoms. The van der Waals surface area contributed by atoms with Crippen LogP contribution < -0.4 is 5.32 Å². The molecule has 4 nitrogen and oxygen atoms in total. The molecule has 5 heteroatoms. The molecule has 2 N–H and O–H groups in total. The first-order valence-corrected chi connectivity index (χ1v) is 7.19. The van der Waals surface area contributed by atoms with E-state index in [1.807, 2.05) is 0 Å². The molecule has 0 atom stereocenters. The molecule has 0 radical (unpaired) electrons. The fourth-order valence-corrected chi connectivity index (χ4v) is 2.86. The molecule has 1 amide bonds. The van der Waals surface area contributed by atoms with Crippen LogP contribution in [0.2, 0.25) is 5.02 Å². The molecule has 0 aliphatic heterocycles. The zero-order valence-electron chi connectivity index (χ0n) is 11.4. The molecule has 1 aliphatic carbocycles. The van der Waals surface area contributed by atoms with E-state index in [2.05, 4.69) is 12.2 Å². The Hall–Kier alpha value is -1.55. The monoisotopic (exact) mass is 295 g/mol. The number of carboxylic acids is 1. The van der Waals surface area contributed by atoms with Gasteiger partial charge in [0.15, 0.2) is 0 Å². The zero-order chi connectivity index (χ0) is 14.7. The van der Waals surface area contributed by atoms with E-state index in [4.69, 9.17) is 16.7 Å². The van der Waals surface area contributed by atoms with Crippen molar-refractivity contribution in [3.05, 3.63) is 28.8 Å². The summed E-state index contributed by atoms with van der Waals surface area (Å²) in [6.45, 7) is 2.19. The van der Waals surface area contributed by atoms with Gasteiger partial charge in [-0.25, -0.2) is 4.79 Å². The highest BCUT2D eigenvalue weighted by Gasteiger charge is 2.25. The first-order chi connectivity index (χ1) is 9.49. The molecule has 108 valence electrons. The van der Waals surface area contributed by atoms with Gasteiger partial charge in [-0.1, -0.05) is 24.6 Å². The molecule has 20 heavy (non-hydrogen) atoms. The van der Waals surface area contributed by atoms with Crippen LogP contribution in [0, 0.1) is 11.8 Å². The van der Waals surface area contributed by atoms with Gasteiger partial charge >= 0.3 is 5.97 Å². The van der Waals surface area contributed by atoms with Crippen molar-refractivity contribution >= 4 is 29.2 Å². The number of hydrogen-bond donors (Lipinski definition) is 2. The second-order valence-corrected chi connectivity index (χ2v) is 5.82. The first-order valence-electron chi connectivity index (χ1n) is 6.81. The lowest BCUT2D eigenvalue weighted by Crippen LogP contribution is -2.27. The lowest BCUT2D eigenvalue weighted by molar-refractivity contribution is -0.121. The van der Waals surface area contributed by atoms with E-state index in [0.29, 0.717) is 5.92 Å². The van der Waals surface area contributed by atoms with E-state index in [9.17, 15) is 9.59 Å². The van der Waals surface area contributed by atoms with Crippen LogP contribution >= 0.6 is 11.6 Å². The van der Waals surface area contributed by atoms with Gasteiger partial charge in [0.2, 0.25) is 5.91 Å². The Morgan fingerprint density at radius 2 is 1.90 bits per heavy atom.